The Morgan fingerprint density at radius 1 is 0.939 bits per heavy atom. The molecule has 2 aromatic carbocycles. The lowest BCUT2D eigenvalue weighted by Gasteiger charge is -2.36. The number of nitrogens with zero attached hydrogens (tertiary/aromatic N) is 4. The molecule has 3 aromatic rings. The standard InChI is InChI=1S/C26H31ClN4O2/c27-22-4-3-5-23(18-22)29-12-10-28(11-13-29)20-31-19-21(24-6-1-2-7-25(24)31)8-9-26(32)30-14-16-33-17-15-30/h1-7,18-19H,8-17,20H2. The van der Waals surface area contributed by atoms with Crippen LogP contribution in [0.25, 0.3) is 10.9 Å². The first-order valence-corrected chi connectivity index (χ1v) is 12.2. The molecule has 0 bridgehead atoms. The number of piperazine rings is 1. The van der Waals surface area contributed by atoms with Crippen molar-refractivity contribution in [2.24, 2.45) is 0 Å². The van der Waals surface area contributed by atoms with E-state index in [1.54, 1.807) is 0 Å². The number of halogens is 1. The van der Waals surface area contributed by atoms with Crippen molar-refractivity contribution in [2.45, 2.75) is 19.5 Å². The van der Waals surface area contributed by atoms with Crippen molar-refractivity contribution in [3.05, 3.63) is 65.3 Å². The molecule has 0 spiro atoms. The number of hydrogen-bond acceptors (Lipinski definition) is 4. The molecule has 7 heteroatoms. The van der Waals surface area contributed by atoms with Crippen molar-refractivity contribution in [3.63, 3.8) is 0 Å². The number of rotatable bonds is 6. The lowest BCUT2D eigenvalue weighted by Crippen LogP contribution is -2.46. The van der Waals surface area contributed by atoms with E-state index in [0.717, 1.165) is 44.3 Å². The number of para-hydroxylation sites is 1. The average molecular weight is 467 g/mol. The molecule has 2 aliphatic rings. The fourth-order valence-corrected chi connectivity index (χ4v) is 5.07. The van der Waals surface area contributed by atoms with Crippen LogP contribution in [0.15, 0.2) is 54.7 Å². The van der Waals surface area contributed by atoms with Crippen LogP contribution in [0.1, 0.15) is 12.0 Å². The van der Waals surface area contributed by atoms with E-state index in [1.807, 2.05) is 23.1 Å². The first-order valence-electron chi connectivity index (χ1n) is 11.8. The number of amides is 1. The van der Waals surface area contributed by atoms with Gasteiger partial charge in [0.25, 0.3) is 0 Å². The predicted octanol–water partition coefficient (Wildman–Crippen LogP) is 3.87. The van der Waals surface area contributed by atoms with Gasteiger partial charge in [-0.2, -0.15) is 0 Å². The van der Waals surface area contributed by atoms with Gasteiger partial charge in [0.05, 0.1) is 19.9 Å². The van der Waals surface area contributed by atoms with Crippen LogP contribution in [0.5, 0.6) is 0 Å². The van der Waals surface area contributed by atoms with Gasteiger partial charge in [-0.3, -0.25) is 9.69 Å². The summed E-state index contributed by atoms with van der Waals surface area (Å²) in [6.07, 6.45) is 3.57. The van der Waals surface area contributed by atoms with Crippen molar-refractivity contribution < 1.29 is 9.53 Å². The molecule has 0 unspecified atom stereocenters. The maximum Gasteiger partial charge on any atom is 0.223 e. The third-order valence-electron chi connectivity index (χ3n) is 6.74. The summed E-state index contributed by atoms with van der Waals surface area (Å²) in [5.74, 6) is 0.229. The minimum absolute atomic E-state index is 0.229. The fraction of sp³-hybridized carbons (Fsp3) is 0.423. The number of carbonyl (C=O) groups excluding carboxylic acids is 1. The Bertz CT molecular complexity index is 1100. The molecule has 6 nitrogen and oxygen atoms in total. The van der Waals surface area contributed by atoms with Gasteiger partial charge < -0.3 is 19.1 Å². The molecule has 33 heavy (non-hydrogen) atoms. The van der Waals surface area contributed by atoms with Crippen molar-refractivity contribution in [3.8, 4) is 0 Å². The van der Waals surface area contributed by atoms with E-state index in [9.17, 15) is 4.79 Å². The highest BCUT2D eigenvalue weighted by molar-refractivity contribution is 6.30. The van der Waals surface area contributed by atoms with E-state index in [2.05, 4.69) is 50.9 Å². The maximum atomic E-state index is 12.6. The Labute approximate surface area is 200 Å². The van der Waals surface area contributed by atoms with E-state index in [-0.39, 0.29) is 5.91 Å². The molecular weight excluding hydrogens is 436 g/mol. The molecule has 0 atom stereocenters. The molecular formula is C26H31ClN4O2. The van der Waals surface area contributed by atoms with Crippen LogP contribution in [0.2, 0.25) is 5.02 Å². The van der Waals surface area contributed by atoms with Crippen molar-refractivity contribution in [2.75, 3.05) is 57.4 Å². The summed E-state index contributed by atoms with van der Waals surface area (Å²) in [6.45, 7) is 7.56. The Morgan fingerprint density at radius 2 is 1.73 bits per heavy atom. The number of morpholine rings is 1. The van der Waals surface area contributed by atoms with Gasteiger partial charge in [0.15, 0.2) is 0 Å². The molecule has 0 radical (unpaired) electrons. The van der Waals surface area contributed by atoms with Crippen LogP contribution >= 0.6 is 11.6 Å². The quantitative estimate of drug-likeness (QED) is 0.553. The number of benzene rings is 2. The molecule has 2 fully saturated rings. The summed E-state index contributed by atoms with van der Waals surface area (Å²) in [6, 6.07) is 16.7. The highest BCUT2D eigenvalue weighted by atomic mass is 35.5. The van der Waals surface area contributed by atoms with Gasteiger partial charge in [0.2, 0.25) is 5.91 Å². The van der Waals surface area contributed by atoms with Crippen molar-refractivity contribution in [1.29, 1.82) is 0 Å². The lowest BCUT2D eigenvalue weighted by molar-refractivity contribution is -0.135. The zero-order valence-corrected chi connectivity index (χ0v) is 19.7. The number of aryl methyl sites for hydroxylation is 1. The number of ether oxygens (including phenoxy) is 1. The minimum Gasteiger partial charge on any atom is -0.378 e. The van der Waals surface area contributed by atoms with Crippen molar-refractivity contribution in [1.82, 2.24) is 14.4 Å². The number of anilines is 1. The van der Waals surface area contributed by atoms with E-state index in [4.69, 9.17) is 16.3 Å². The van der Waals surface area contributed by atoms with Gasteiger partial charge in [-0.1, -0.05) is 35.9 Å². The first-order chi connectivity index (χ1) is 16.2. The van der Waals surface area contributed by atoms with E-state index in [0.29, 0.717) is 32.7 Å². The van der Waals surface area contributed by atoms with Crippen LogP contribution in [0, 0.1) is 0 Å². The van der Waals surface area contributed by atoms with E-state index in [1.165, 1.54) is 22.2 Å². The van der Waals surface area contributed by atoms with E-state index >= 15 is 0 Å². The highest BCUT2D eigenvalue weighted by Crippen LogP contribution is 2.25. The number of fused-ring (bicyclic) bond motifs is 1. The van der Waals surface area contributed by atoms with Gasteiger partial charge in [0, 0.05) is 73.5 Å². The van der Waals surface area contributed by atoms with Crippen LogP contribution in [-0.4, -0.2) is 72.8 Å². The predicted molar refractivity (Wildman–Crippen MR) is 133 cm³/mol. The SMILES string of the molecule is O=C(CCc1cn(CN2CCN(c3cccc(Cl)c3)CC2)c2ccccc12)N1CCOCC1. The van der Waals surface area contributed by atoms with Gasteiger partial charge in [-0.25, -0.2) is 0 Å². The zero-order valence-electron chi connectivity index (χ0n) is 19.0. The summed E-state index contributed by atoms with van der Waals surface area (Å²) in [5, 5.41) is 2.04. The lowest BCUT2D eigenvalue weighted by atomic mass is 10.1. The molecule has 0 saturated carbocycles. The summed E-state index contributed by atoms with van der Waals surface area (Å²) in [4.78, 5) is 19.5. The summed E-state index contributed by atoms with van der Waals surface area (Å²) < 4.78 is 7.72. The van der Waals surface area contributed by atoms with Gasteiger partial charge in [-0.15, -0.1) is 0 Å². The zero-order chi connectivity index (χ0) is 22.6. The molecule has 0 aliphatic carbocycles. The Hall–Kier alpha value is -2.54. The van der Waals surface area contributed by atoms with Crippen LogP contribution < -0.4 is 4.90 Å². The van der Waals surface area contributed by atoms with Gasteiger partial charge >= 0.3 is 0 Å². The van der Waals surface area contributed by atoms with Crippen LogP contribution in [-0.2, 0) is 22.6 Å². The fourth-order valence-electron chi connectivity index (χ4n) is 4.89. The normalized spacial score (nSPS) is 17.6. The first kappa shape index (κ1) is 22.3. The molecule has 5 rings (SSSR count). The van der Waals surface area contributed by atoms with E-state index < -0.39 is 0 Å². The molecule has 174 valence electrons. The average Bonchev–Trinajstić information content (AvgIpc) is 3.21. The van der Waals surface area contributed by atoms with Gasteiger partial charge in [0.1, 0.15) is 0 Å². The Balaban J connectivity index is 1.23. The smallest absolute Gasteiger partial charge is 0.223 e. The maximum absolute atomic E-state index is 12.6. The number of hydrogen-bond donors (Lipinski definition) is 0. The molecule has 2 saturated heterocycles. The summed E-state index contributed by atoms with van der Waals surface area (Å²) in [5.41, 5.74) is 3.69. The van der Waals surface area contributed by atoms with Gasteiger partial charge in [-0.05, 0) is 36.2 Å². The summed E-state index contributed by atoms with van der Waals surface area (Å²) in [7, 11) is 0. The Kier molecular flexibility index (Phi) is 6.85. The molecule has 2 aliphatic heterocycles. The Morgan fingerprint density at radius 3 is 2.52 bits per heavy atom. The molecule has 0 N–H and O–H groups in total. The second kappa shape index (κ2) is 10.2. The summed E-state index contributed by atoms with van der Waals surface area (Å²) >= 11 is 6.18. The minimum atomic E-state index is 0.229. The molecule has 1 amide bonds. The largest absolute Gasteiger partial charge is 0.378 e. The second-order valence-corrected chi connectivity index (χ2v) is 9.30. The third kappa shape index (κ3) is 5.18. The van der Waals surface area contributed by atoms with Crippen LogP contribution in [0.3, 0.4) is 0 Å². The third-order valence-corrected chi connectivity index (χ3v) is 6.98. The van der Waals surface area contributed by atoms with Crippen molar-refractivity contribution >= 4 is 34.1 Å². The molecule has 1 aromatic heterocycles. The highest BCUT2D eigenvalue weighted by Gasteiger charge is 2.20. The monoisotopic (exact) mass is 466 g/mol. The molecule has 3 heterocycles. The number of carbonyl (C=O) groups is 1. The topological polar surface area (TPSA) is 41.0 Å². The van der Waals surface area contributed by atoms with Crippen LogP contribution in [0.4, 0.5) is 5.69 Å². The second-order valence-electron chi connectivity index (χ2n) is 8.86. The number of aromatic nitrogens is 1.